The first-order valence-corrected chi connectivity index (χ1v) is 5.91. The van der Waals surface area contributed by atoms with Gasteiger partial charge >= 0.3 is 0 Å². The number of methoxy groups -OCH3 is 3. The predicted molar refractivity (Wildman–Crippen MR) is 72.4 cm³/mol. The molecule has 0 aliphatic carbocycles. The van der Waals surface area contributed by atoms with Crippen LogP contribution in [0.1, 0.15) is 10.4 Å². The highest BCUT2D eigenvalue weighted by atomic mass is 16.5. The van der Waals surface area contributed by atoms with Gasteiger partial charge in [0, 0.05) is 13.1 Å². The maximum atomic E-state index is 12.1. The quantitative estimate of drug-likeness (QED) is 0.711. The third-order valence-corrected chi connectivity index (χ3v) is 2.61. The summed E-state index contributed by atoms with van der Waals surface area (Å²) in [7, 11) is 6.35. The van der Waals surface area contributed by atoms with Crippen molar-refractivity contribution in [3.8, 4) is 17.2 Å². The number of nitrogens with one attached hydrogen (secondary N) is 2. The fraction of sp³-hybridized carbons (Fsp3) is 0.462. The van der Waals surface area contributed by atoms with Gasteiger partial charge in [-0.1, -0.05) is 0 Å². The monoisotopic (exact) mass is 268 g/mol. The van der Waals surface area contributed by atoms with E-state index in [-0.39, 0.29) is 5.91 Å². The summed E-state index contributed by atoms with van der Waals surface area (Å²) in [6.07, 6.45) is 0. The fourth-order valence-electron chi connectivity index (χ4n) is 1.68. The normalized spacial score (nSPS) is 9.89. The molecule has 0 aromatic heterocycles. The van der Waals surface area contributed by atoms with Gasteiger partial charge in [-0.15, -0.1) is 0 Å². The number of ether oxygens (including phenoxy) is 3. The van der Waals surface area contributed by atoms with Crippen molar-refractivity contribution in [2.24, 2.45) is 0 Å². The zero-order valence-electron chi connectivity index (χ0n) is 11.7. The minimum Gasteiger partial charge on any atom is -0.493 e. The average Bonchev–Trinajstić information content (AvgIpc) is 2.45. The van der Waals surface area contributed by atoms with E-state index in [9.17, 15) is 4.79 Å². The van der Waals surface area contributed by atoms with Crippen molar-refractivity contribution in [1.29, 1.82) is 0 Å². The molecule has 106 valence electrons. The van der Waals surface area contributed by atoms with Crippen LogP contribution in [0.25, 0.3) is 0 Å². The lowest BCUT2D eigenvalue weighted by Crippen LogP contribution is -2.30. The molecule has 6 heteroatoms. The number of carbonyl (C=O) groups excluding carboxylic acids is 1. The van der Waals surface area contributed by atoms with Gasteiger partial charge in [0.25, 0.3) is 5.91 Å². The van der Waals surface area contributed by atoms with E-state index < -0.39 is 0 Å². The highest BCUT2D eigenvalue weighted by Crippen LogP contribution is 2.39. The lowest BCUT2D eigenvalue weighted by Gasteiger charge is -2.15. The number of hydrogen-bond donors (Lipinski definition) is 2. The summed E-state index contributed by atoms with van der Waals surface area (Å²) in [6.45, 7) is 1.23. The first kappa shape index (κ1) is 15.1. The van der Waals surface area contributed by atoms with E-state index in [4.69, 9.17) is 14.2 Å². The molecule has 0 atom stereocenters. The van der Waals surface area contributed by atoms with Crippen LogP contribution in [0.4, 0.5) is 0 Å². The number of hydrogen-bond acceptors (Lipinski definition) is 5. The molecule has 1 aromatic rings. The molecule has 0 fully saturated rings. The molecule has 0 radical (unpaired) electrons. The van der Waals surface area contributed by atoms with Gasteiger partial charge < -0.3 is 24.8 Å². The maximum absolute atomic E-state index is 12.1. The summed E-state index contributed by atoms with van der Waals surface area (Å²) in [5, 5.41) is 5.74. The Morgan fingerprint density at radius 2 is 1.74 bits per heavy atom. The Labute approximate surface area is 113 Å². The Morgan fingerprint density at radius 1 is 1.05 bits per heavy atom. The van der Waals surface area contributed by atoms with Crippen molar-refractivity contribution in [3.05, 3.63) is 17.7 Å². The van der Waals surface area contributed by atoms with Crippen LogP contribution in [0.3, 0.4) is 0 Å². The first-order chi connectivity index (χ1) is 9.19. The molecule has 0 aliphatic heterocycles. The van der Waals surface area contributed by atoms with E-state index in [0.717, 1.165) is 0 Å². The third kappa shape index (κ3) is 3.51. The zero-order chi connectivity index (χ0) is 14.3. The summed E-state index contributed by atoms with van der Waals surface area (Å²) in [5.41, 5.74) is 0.413. The molecule has 0 aliphatic rings. The molecule has 2 N–H and O–H groups in total. The predicted octanol–water partition coefficient (Wildman–Crippen LogP) is 0.662. The van der Waals surface area contributed by atoms with Crippen LogP contribution in [0.5, 0.6) is 17.2 Å². The number of carbonyl (C=O) groups is 1. The molecule has 0 heterocycles. The molecule has 6 nitrogen and oxygen atoms in total. The number of benzene rings is 1. The van der Waals surface area contributed by atoms with Crippen molar-refractivity contribution in [3.63, 3.8) is 0 Å². The van der Waals surface area contributed by atoms with Gasteiger partial charge in [0.1, 0.15) is 0 Å². The lowest BCUT2D eigenvalue weighted by molar-refractivity contribution is 0.0950. The van der Waals surface area contributed by atoms with Gasteiger partial charge in [-0.25, -0.2) is 0 Å². The summed E-state index contributed by atoms with van der Waals surface area (Å²) >= 11 is 0. The van der Waals surface area contributed by atoms with Crippen molar-refractivity contribution >= 4 is 5.91 Å². The lowest BCUT2D eigenvalue weighted by atomic mass is 10.1. The van der Waals surface area contributed by atoms with E-state index >= 15 is 0 Å². The molecule has 0 spiro atoms. The van der Waals surface area contributed by atoms with E-state index in [0.29, 0.717) is 35.9 Å². The molecule has 0 saturated carbocycles. The van der Waals surface area contributed by atoms with Gasteiger partial charge in [-0.2, -0.15) is 0 Å². The van der Waals surface area contributed by atoms with E-state index in [1.807, 2.05) is 7.05 Å². The maximum Gasteiger partial charge on any atom is 0.255 e. The molecule has 19 heavy (non-hydrogen) atoms. The smallest absolute Gasteiger partial charge is 0.255 e. The summed E-state index contributed by atoms with van der Waals surface area (Å²) < 4.78 is 15.7. The Bertz CT molecular complexity index is 435. The molecule has 1 aromatic carbocycles. The molecular formula is C13H20N2O4. The van der Waals surface area contributed by atoms with Crippen molar-refractivity contribution in [1.82, 2.24) is 10.6 Å². The van der Waals surface area contributed by atoms with Crippen molar-refractivity contribution in [2.75, 3.05) is 41.5 Å². The van der Waals surface area contributed by atoms with Gasteiger partial charge in [0.2, 0.25) is 5.75 Å². The largest absolute Gasteiger partial charge is 0.493 e. The average molecular weight is 268 g/mol. The Balaban J connectivity index is 3.03. The molecule has 0 bridgehead atoms. The van der Waals surface area contributed by atoms with E-state index in [1.165, 1.54) is 21.3 Å². The molecular weight excluding hydrogens is 248 g/mol. The van der Waals surface area contributed by atoms with Gasteiger partial charge in [0.15, 0.2) is 11.5 Å². The second kappa shape index (κ2) is 7.48. The Morgan fingerprint density at radius 3 is 2.26 bits per heavy atom. The topological polar surface area (TPSA) is 68.8 Å². The fourth-order valence-corrected chi connectivity index (χ4v) is 1.68. The van der Waals surface area contributed by atoms with Crippen LogP contribution >= 0.6 is 0 Å². The summed E-state index contributed by atoms with van der Waals surface area (Å²) in [5.74, 6) is 1.08. The number of rotatable bonds is 7. The van der Waals surface area contributed by atoms with Gasteiger partial charge in [0.05, 0.1) is 26.9 Å². The van der Waals surface area contributed by atoms with Crippen LogP contribution in [0, 0.1) is 0 Å². The first-order valence-electron chi connectivity index (χ1n) is 5.91. The van der Waals surface area contributed by atoms with Crippen molar-refractivity contribution in [2.45, 2.75) is 0 Å². The van der Waals surface area contributed by atoms with E-state index in [1.54, 1.807) is 12.1 Å². The van der Waals surface area contributed by atoms with Gasteiger partial charge in [-0.05, 0) is 19.2 Å². The highest BCUT2D eigenvalue weighted by Gasteiger charge is 2.20. The highest BCUT2D eigenvalue weighted by molar-refractivity contribution is 5.98. The van der Waals surface area contributed by atoms with Crippen LogP contribution in [0.15, 0.2) is 12.1 Å². The molecule has 1 amide bonds. The van der Waals surface area contributed by atoms with Crippen LogP contribution in [0.2, 0.25) is 0 Å². The van der Waals surface area contributed by atoms with Crippen LogP contribution in [-0.4, -0.2) is 47.4 Å². The number of likely N-dealkylation sites (N-methyl/N-ethyl adjacent to an activating group) is 1. The van der Waals surface area contributed by atoms with Crippen molar-refractivity contribution < 1.29 is 19.0 Å². The SMILES string of the molecule is CNCCNC(=O)c1ccc(OC)c(OC)c1OC. The summed E-state index contributed by atoms with van der Waals surface area (Å²) in [6, 6.07) is 3.32. The van der Waals surface area contributed by atoms with Gasteiger partial charge in [-0.3, -0.25) is 4.79 Å². The standard InChI is InChI=1S/C13H20N2O4/c1-14-7-8-15-13(16)9-5-6-10(17-2)12(19-4)11(9)18-3/h5-6,14H,7-8H2,1-4H3,(H,15,16). The molecule has 1 rings (SSSR count). The second-order valence-corrected chi connectivity index (χ2v) is 3.74. The van der Waals surface area contributed by atoms with Crippen LogP contribution in [-0.2, 0) is 0 Å². The third-order valence-electron chi connectivity index (χ3n) is 2.61. The zero-order valence-corrected chi connectivity index (χ0v) is 11.7. The minimum absolute atomic E-state index is 0.215. The minimum atomic E-state index is -0.215. The summed E-state index contributed by atoms with van der Waals surface area (Å²) in [4.78, 5) is 12.1. The number of amides is 1. The van der Waals surface area contributed by atoms with E-state index in [2.05, 4.69) is 10.6 Å². The second-order valence-electron chi connectivity index (χ2n) is 3.74. The Kier molecular flexibility index (Phi) is 5.95. The molecule has 0 unspecified atom stereocenters. The van der Waals surface area contributed by atoms with Crippen LogP contribution < -0.4 is 24.8 Å². The Hall–Kier alpha value is -1.95. The molecule has 0 saturated heterocycles.